The van der Waals surface area contributed by atoms with Crippen molar-refractivity contribution in [3.05, 3.63) is 39.3 Å². The van der Waals surface area contributed by atoms with Crippen molar-refractivity contribution in [2.24, 2.45) is 0 Å². The van der Waals surface area contributed by atoms with Gasteiger partial charge in [-0.25, -0.2) is 0 Å². The Morgan fingerprint density at radius 2 is 2.05 bits per heavy atom. The second-order valence-corrected chi connectivity index (χ2v) is 6.72. The summed E-state index contributed by atoms with van der Waals surface area (Å²) in [5.41, 5.74) is 3.17. The number of carbonyl (C=O) groups is 1. The van der Waals surface area contributed by atoms with Gasteiger partial charge >= 0.3 is 0 Å². The van der Waals surface area contributed by atoms with Crippen LogP contribution in [0.1, 0.15) is 65.1 Å². The summed E-state index contributed by atoms with van der Waals surface area (Å²) < 4.78 is 3.32. The third-order valence-corrected chi connectivity index (χ3v) is 4.93. The minimum atomic E-state index is 0.0991. The molecule has 0 aliphatic heterocycles. The Morgan fingerprint density at radius 3 is 2.50 bits per heavy atom. The summed E-state index contributed by atoms with van der Waals surface area (Å²) in [4.78, 5) is 11.9. The third kappa shape index (κ3) is 4.54. The molecule has 0 radical (unpaired) electrons. The molecule has 0 fully saturated rings. The van der Waals surface area contributed by atoms with Crippen LogP contribution in [0.3, 0.4) is 0 Å². The van der Waals surface area contributed by atoms with E-state index in [4.69, 9.17) is 0 Å². The summed E-state index contributed by atoms with van der Waals surface area (Å²) in [7, 11) is 0. The molecule has 0 amide bonds. The Labute approximate surface area is 148 Å². The van der Waals surface area contributed by atoms with Crippen LogP contribution >= 0.6 is 22.6 Å². The Balaban J connectivity index is 3.28. The Kier molecular flexibility index (Phi) is 8.07. The zero-order chi connectivity index (χ0) is 16.7. The molecule has 1 aromatic heterocycles. The number of Topliss-reactive ketones (excluding diaryl/α,β-unsaturated/α-hetero) is 1. The van der Waals surface area contributed by atoms with Crippen LogP contribution in [0.15, 0.2) is 30.0 Å². The molecule has 1 aromatic rings. The van der Waals surface area contributed by atoms with E-state index >= 15 is 0 Å². The minimum absolute atomic E-state index is 0.0991. The van der Waals surface area contributed by atoms with Gasteiger partial charge in [0.2, 0.25) is 0 Å². The molecule has 1 heterocycles. The summed E-state index contributed by atoms with van der Waals surface area (Å²) in [6.07, 6.45) is 8.49. The average Bonchev–Trinajstić information content (AvgIpc) is 2.83. The van der Waals surface area contributed by atoms with Crippen molar-refractivity contribution in [1.82, 2.24) is 9.78 Å². The van der Waals surface area contributed by atoms with E-state index < -0.39 is 0 Å². The SMILES string of the molecule is C=C/C(C(C)=O)=C(\CCC)Cc1c(I)cnn1C(CC)CC. The molecule has 0 atom stereocenters. The molecule has 22 heavy (non-hydrogen) atoms. The van der Waals surface area contributed by atoms with Crippen molar-refractivity contribution >= 4 is 28.4 Å². The molecule has 0 aliphatic rings. The van der Waals surface area contributed by atoms with E-state index in [0.717, 1.165) is 37.7 Å². The van der Waals surface area contributed by atoms with Gasteiger partial charge in [-0.15, -0.1) is 0 Å². The standard InChI is InChI=1S/C18H27IN2O/c1-6-10-14(16(9-4)13(5)22)11-18-17(19)12-20-21(18)15(7-2)8-3/h9,12,15H,4,6-8,10-11H2,1-3,5H3/b16-14-. The molecule has 122 valence electrons. The van der Waals surface area contributed by atoms with Gasteiger partial charge in [-0.05, 0) is 48.8 Å². The monoisotopic (exact) mass is 414 g/mol. The van der Waals surface area contributed by atoms with Gasteiger partial charge in [0.1, 0.15) is 0 Å². The molecule has 0 saturated carbocycles. The topological polar surface area (TPSA) is 34.9 Å². The van der Waals surface area contributed by atoms with Gasteiger partial charge < -0.3 is 0 Å². The summed E-state index contributed by atoms with van der Waals surface area (Å²) in [6, 6.07) is 0.422. The van der Waals surface area contributed by atoms with Crippen LogP contribution in [0, 0.1) is 3.57 Å². The van der Waals surface area contributed by atoms with Crippen molar-refractivity contribution in [2.45, 2.75) is 65.8 Å². The lowest BCUT2D eigenvalue weighted by molar-refractivity contribution is -0.113. The minimum Gasteiger partial charge on any atom is -0.295 e. The molecular weight excluding hydrogens is 387 g/mol. The van der Waals surface area contributed by atoms with Crippen molar-refractivity contribution in [3.63, 3.8) is 0 Å². The van der Waals surface area contributed by atoms with Crippen LogP contribution in [-0.2, 0) is 11.2 Å². The fourth-order valence-electron chi connectivity index (χ4n) is 2.84. The molecule has 4 heteroatoms. The van der Waals surface area contributed by atoms with Gasteiger partial charge in [0.05, 0.1) is 21.5 Å². The number of hydrogen-bond donors (Lipinski definition) is 0. The zero-order valence-electron chi connectivity index (χ0n) is 14.2. The van der Waals surface area contributed by atoms with Crippen LogP contribution in [0.4, 0.5) is 0 Å². The van der Waals surface area contributed by atoms with Gasteiger partial charge in [-0.3, -0.25) is 9.48 Å². The van der Waals surface area contributed by atoms with E-state index in [1.807, 2.05) is 6.20 Å². The van der Waals surface area contributed by atoms with Crippen LogP contribution in [0.25, 0.3) is 0 Å². The number of aromatic nitrogens is 2. The number of rotatable bonds is 9. The highest BCUT2D eigenvalue weighted by Crippen LogP contribution is 2.26. The maximum absolute atomic E-state index is 11.9. The van der Waals surface area contributed by atoms with Crippen LogP contribution in [0.5, 0.6) is 0 Å². The lowest BCUT2D eigenvalue weighted by Gasteiger charge is -2.19. The van der Waals surface area contributed by atoms with Gasteiger partial charge in [-0.1, -0.05) is 45.4 Å². The average molecular weight is 414 g/mol. The van der Waals surface area contributed by atoms with Gasteiger partial charge in [0.15, 0.2) is 5.78 Å². The van der Waals surface area contributed by atoms with E-state index in [9.17, 15) is 4.79 Å². The number of nitrogens with zero attached hydrogens (tertiary/aromatic N) is 2. The van der Waals surface area contributed by atoms with E-state index in [2.05, 4.69) is 59.7 Å². The Hall–Kier alpha value is -0.910. The third-order valence-electron chi connectivity index (χ3n) is 4.03. The van der Waals surface area contributed by atoms with Gasteiger partial charge in [-0.2, -0.15) is 5.10 Å². The fraction of sp³-hybridized carbons (Fsp3) is 0.556. The highest BCUT2D eigenvalue weighted by molar-refractivity contribution is 14.1. The second kappa shape index (κ2) is 9.28. The fourth-order valence-corrected chi connectivity index (χ4v) is 3.40. The smallest absolute Gasteiger partial charge is 0.159 e. The Morgan fingerprint density at radius 1 is 1.41 bits per heavy atom. The van der Waals surface area contributed by atoms with Gasteiger partial charge in [0, 0.05) is 12.0 Å². The maximum Gasteiger partial charge on any atom is 0.159 e. The highest BCUT2D eigenvalue weighted by Gasteiger charge is 2.18. The molecule has 3 nitrogen and oxygen atoms in total. The molecule has 0 spiro atoms. The Bertz CT molecular complexity index is 553. The quantitative estimate of drug-likeness (QED) is 0.314. The first-order valence-corrected chi connectivity index (χ1v) is 9.15. The van der Waals surface area contributed by atoms with Crippen molar-refractivity contribution < 1.29 is 4.79 Å². The summed E-state index contributed by atoms with van der Waals surface area (Å²) in [5.74, 6) is 0.0991. The predicted octanol–water partition coefficient (Wildman–Crippen LogP) is 5.26. The number of halogens is 1. The number of hydrogen-bond acceptors (Lipinski definition) is 2. The van der Waals surface area contributed by atoms with E-state index in [-0.39, 0.29) is 5.78 Å². The predicted molar refractivity (Wildman–Crippen MR) is 101 cm³/mol. The van der Waals surface area contributed by atoms with Crippen molar-refractivity contribution in [1.29, 1.82) is 0 Å². The molecular formula is C18H27IN2O. The van der Waals surface area contributed by atoms with E-state index in [1.54, 1.807) is 13.0 Å². The summed E-state index contributed by atoms with van der Waals surface area (Å²) >= 11 is 2.35. The van der Waals surface area contributed by atoms with Gasteiger partial charge in [0.25, 0.3) is 0 Å². The number of allylic oxidation sites excluding steroid dienone is 3. The first-order chi connectivity index (χ1) is 10.5. The normalized spacial score (nSPS) is 12.5. The zero-order valence-corrected chi connectivity index (χ0v) is 16.3. The molecule has 1 rings (SSSR count). The van der Waals surface area contributed by atoms with Crippen LogP contribution in [-0.4, -0.2) is 15.6 Å². The van der Waals surface area contributed by atoms with E-state index in [0.29, 0.717) is 6.04 Å². The maximum atomic E-state index is 11.9. The first-order valence-electron chi connectivity index (χ1n) is 8.07. The lowest BCUT2D eigenvalue weighted by Crippen LogP contribution is -2.14. The first kappa shape index (κ1) is 19.1. The van der Waals surface area contributed by atoms with Crippen molar-refractivity contribution in [2.75, 3.05) is 0 Å². The second-order valence-electron chi connectivity index (χ2n) is 5.56. The molecule has 0 aromatic carbocycles. The highest BCUT2D eigenvalue weighted by atomic mass is 127. The molecule has 0 N–H and O–H groups in total. The molecule has 0 unspecified atom stereocenters. The molecule has 0 bridgehead atoms. The summed E-state index contributed by atoms with van der Waals surface area (Å²) in [6.45, 7) is 12.0. The van der Waals surface area contributed by atoms with Crippen LogP contribution in [0.2, 0.25) is 0 Å². The summed E-state index contributed by atoms with van der Waals surface area (Å²) in [5, 5.41) is 4.58. The molecule has 0 aliphatic carbocycles. The molecule has 0 saturated heterocycles. The van der Waals surface area contributed by atoms with Crippen LogP contribution < -0.4 is 0 Å². The van der Waals surface area contributed by atoms with Crippen molar-refractivity contribution in [3.8, 4) is 0 Å². The number of carbonyl (C=O) groups excluding carboxylic acids is 1. The lowest BCUT2D eigenvalue weighted by atomic mass is 9.96. The van der Waals surface area contributed by atoms with E-state index in [1.165, 1.54) is 14.8 Å². The largest absolute Gasteiger partial charge is 0.295 e. The number of ketones is 1.